The summed E-state index contributed by atoms with van der Waals surface area (Å²) in [7, 11) is 2.13. The first-order chi connectivity index (χ1) is 11.0. The predicted octanol–water partition coefficient (Wildman–Crippen LogP) is 1.93. The van der Waals surface area contributed by atoms with Gasteiger partial charge in [-0.1, -0.05) is 30.3 Å². The third-order valence-corrected chi connectivity index (χ3v) is 4.84. The zero-order chi connectivity index (χ0) is 16.4. The largest absolute Gasteiger partial charge is 0.462 e. The van der Waals surface area contributed by atoms with E-state index in [9.17, 15) is 4.79 Å². The Morgan fingerprint density at radius 1 is 1.43 bits per heavy atom. The first-order valence-electron chi connectivity index (χ1n) is 8.52. The molecule has 114 valence electrons. The summed E-state index contributed by atoms with van der Waals surface area (Å²) in [5.41, 5.74) is 0.494. The van der Waals surface area contributed by atoms with Crippen LogP contribution in [0.2, 0.25) is 0 Å². The van der Waals surface area contributed by atoms with Crippen molar-refractivity contribution in [1.29, 1.82) is 1.43 Å². The third kappa shape index (κ3) is 2.97. The summed E-state index contributed by atoms with van der Waals surface area (Å²) in [6.45, 7) is -0.338. The molecule has 2 fully saturated rings. The number of carbonyl (C=O) groups is 1. The van der Waals surface area contributed by atoms with Crippen molar-refractivity contribution in [1.82, 2.24) is 4.90 Å². The fourth-order valence-corrected chi connectivity index (χ4v) is 3.58. The second-order valence-corrected chi connectivity index (χ2v) is 6.04. The first kappa shape index (κ1) is 12.2. The van der Waals surface area contributed by atoms with Gasteiger partial charge in [-0.25, -0.2) is 0 Å². The highest BCUT2D eigenvalue weighted by Crippen LogP contribution is 2.36. The Kier molecular flexibility index (Phi) is 3.57. The van der Waals surface area contributed by atoms with Crippen LogP contribution in [0.4, 0.5) is 0 Å². The second-order valence-electron chi connectivity index (χ2n) is 6.04. The van der Waals surface area contributed by atoms with Crippen LogP contribution >= 0.6 is 0 Å². The quantitative estimate of drug-likeness (QED) is 0.842. The Morgan fingerprint density at radius 3 is 2.71 bits per heavy atom. The molecule has 3 rings (SSSR count). The number of benzene rings is 1. The van der Waals surface area contributed by atoms with Crippen LogP contribution in [-0.2, 0) is 9.53 Å². The summed E-state index contributed by atoms with van der Waals surface area (Å²) in [6, 6.07) is 9.70. The van der Waals surface area contributed by atoms with Gasteiger partial charge in [0.2, 0.25) is 1.43 Å². The summed E-state index contributed by atoms with van der Waals surface area (Å²) in [5, 5.41) is 4.40. The molecule has 2 heterocycles. The van der Waals surface area contributed by atoms with Crippen LogP contribution in [0.3, 0.4) is 0 Å². The highest BCUT2D eigenvalue weighted by Gasteiger charge is 2.40. The van der Waals surface area contributed by atoms with Crippen molar-refractivity contribution in [3.05, 3.63) is 35.9 Å². The van der Waals surface area contributed by atoms with Gasteiger partial charge in [-0.3, -0.25) is 4.79 Å². The van der Waals surface area contributed by atoms with E-state index < -0.39 is 11.9 Å². The maximum Gasteiger partial charge on any atom is 0.316 e. The minimum absolute atomic E-state index is 0.143. The van der Waals surface area contributed by atoms with Gasteiger partial charge in [0.1, 0.15) is 12.0 Å². The van der Waals surface area contributed by atoms with Crippen LogP contribution in [0, 0.1) is 0 Å². The molecule has 4 nitrogen and oxygen atoms in total. The van der Waals surface area contributed by atoms with E-state index in [-0.39, 0.29) is 12.7 Å². The number of hydrogen-bond donors (Lipinski definition) is 1. The lowest BCUT2D eigenvalue weighted by molar-refractivity contribution is -0.155. The fourth-order valence-electron chi connectivity index (χ4n) is 3.58. The molecule has 21 heavy (non-hydrogen) atoms. The van der Waals surface area contributed by atoms with Gasteiger partial charge in [0.05, 0.1) is 6.61 Å². The van der Waals surface area contributed by atoms with Crippen molar-refractivity contribution in [3.8, 4) is 0 Å². The summed E-state index contributed by atoms with van der Waals surface area (Å²) < 4.78 is 21.2. The van der Waals surface area contributed by atoms with Crippen molar-refractivity contribution < 1.29 is 16.0 Å². The molecule has 1 aromatic carbocycles. The van der Waals surface area contributed by atoms with Crippen molar-refractivity contribution in [2.75, 3.05) is 13.7 Å². The Hall–Kier alpha value is -1.39. The van der Waals surface area contributed by atoms with Crippen molar-refractivity contribution in [3.63, 3.8) is 0 Å². The number of esters is 1. The molecule has 1 aromatic rings. The Balaban J connectivity index is 1.72. The predicted molar refractivity (Wildman–Crippen MR) is 80.0 cm³/mol. The minimum atomic E-state index is -1.69. The number of fused-ring (bicyclic) bond motifs is 2. The molecule has 1 N–H and O–H groups in total. The average molecular weight is 291 g/mol. The number of rotatable bonds is 5. The molecule has 0 radical (unpaired) electrons. The molecule has 3 unspecified atom stereocenters. The molecule has 4 heteroatoms. The van der Waals surface area contributed by atoms with Gasteiger partial charge in [-0.2, -0.15) is 0 Å². The second kappa shape index (κ2) is 6.16. The lowest BCUT2D eigenvalue weighted by Gasteiger charge is -2.36. The van der Waals surface area contributed by atoms with Gasteiger partial charge in [0, 0.05) is 13.5 Å². The van der Waals surface area contributed by atoms with E-state index in [1.807, 2.05) is 6.07 Å². The number of carbonyl (C=O) groups excluding carboxylic acids is 1. The lowest BCUT2D eigenvalue weighted by Crippen LogP contribution is -2.43. The van der Waals surface area contributed by atoms with Crippen molar-refractivity contribution in [2.24, 2.45) is 0 Å². The summed E-state index contributed by atoms with van der Waals surface area (Å²) in [4.78, 5) is 15.0. The maximum absolute atomic E-state index is 12.7. The number of piperidine rings is 1. The molecule has 2 aliphatic heterocycles. The van der Waals surface area contributed by atoms with Gasteiger partial charge in [0.15, 0.2) is 0 Å². The average Bonchev–Trinajstić information content (AvgIpc) is 2.76. The van der Waals surface area contributed by atoms with E-state index in [0.717, 1.165) is 25.7 Å². The highest BCUT2D eigenvalue weighted by atomic mass is 16.5. The van der Waals surface area contributed by atoms with Crippen LogP contribution in [0.1, 0.15) is 38.5 Å². The number of nitrogens with zero attached hydrogens (tertiary/aromatic N) is 1. The fraction of sp³-hybridized carbons (Fsp3) is 0.588. The molecule has 0 saturated carbocycles. The summed E-state index contributed by atoms with van der Waals surface area (Å²) in [6.07, 6.45) is 3.80. The number of hydrogen-bond acceptors (Lipinski definition) is 4. The Morgan fingerprint density at radius 2 is 2.10 bits per heavy atom. The SMILES string of the molecule is [2H]OCC([2H])(C(=O)OC1CC2CC[C@H](C1)N2C)c1ccccc1. The standard InChI is InChI=1S/C17H23NO3/c1-18-13-7-8-14(18)10-15(9-13)21-17(20)16(11-19)12-5-3-2-4-6-12/h2-6,13-16,19H,7-11H2,1H3/t13-,14?,15?,16?/m1/s1/i16D,19D. The molecular formula is C17H23NO3. The zero-order valence-corrected chi connectivity index (χ0v) is 12.3. The van der Waals surface area contributed by atoms with E-state index in [1.54, 1.807) is 24.3 Å². The Labute approximate surface area is 128 Å². The van der Waals surface area contributed by atoms with Crippen LogP contribution in [0.5, 0.6) is 0 Å². The van der Waals surface area contributed by atoms with E-state index in [4.69, 9.17) is 7.54 Å². The van der Waals surface area contributed by atoms with Crippen LogP contribution in [-0.4, -0.2) is 49.3 Å². The van der Waals surface area contributed by atoms with Crippen LogP contribution in [0.25, 0.3) is 0 Å². The minimum Gasteiger partial charge on any atom is -0.462 e. The van der Waals surface area contributed by atoms with E-state index in [2.05, 4.69) is 17.1 Å². The van der Waals surface area contributed by atoms with Crippen LogP contribution < -0.4 is 0 Å². The van der Waals surface area contributed by atoms with Crippen LogP contribution in [0.15, 0.2) is 30.3 Å². The first-order valence-corrected chi connectivity index (χ1v) is 7.61. The van der Waals surface area contributed by atoms with Crippen molar-refractivity contribution >= 4 is 5.97 Å². The van der Waals surface area contributed by atoms with Crippen molar-refractivity contribution in [2.45, 2.75) is 49.8 Å². The molecule has 2 saturated heterocycles. The third-order valence-electron chi connectivity index (χ3n) is 4.84. The van der Waals surface area contributed by atoms with E-state index >= 15 is 0 Å². The lowest BCUT2D eigenvalue weighted by atomic mass is 9.98. The van der Waals surface area contributed by atoms with Gasteiger partial charge < -0.3 is 14.7 Å². The smallest absolute Gasteiger partial charge is 0.316 e. The van der Waals surface area contributed by atoms with E-state index in [0.29, 0.717) is 17.6 Å². The maximum atomic E-state index is 12.7. The van der Waals surface area contributed by atoms with Gasteiger partial charge in [0.25, 0.3) is 0 Å². The molecule has 4 atom stereocenters. The topological polar surface area (TPSA) is 49.8 Å². The van der Waals surface area contributed by atoms with E-state index in [1.165, 1.54) is 0 Å². The molecule has 2 aliphatic rings. The summed E-state index contributed by atoms with van der Waals surface area (Å²) in [5.74, 6) is -2.31. The monoisotopic (exact) mass is 291 g/mol. The molecule has 0 spiro atoms. The summed E-state index contributed by atoms with van der Waals surface area (Å²) >= 11 is 0. The highest BCUT2D eigenvalue weighted by molar-refractivity contribution is 5.78. The zero-order valence-electron chi connectivity index (χ0n) is 14.3. The molecule has 0 aliphatic carbocycles. The number of aliphatic hydroxyl groups is 1. The molecule has 0 aromatic heterocycles. The van der Waals surface area contributed by atoms with Gasteiger partial charge >= 0.3 is 5.97 Å². The molecule has 2 bridgehead atoms. The van der Waals surface area contributed by atoms with Gasteiger partial charge in [-0.15, -0.1) is 0 Å². The Bertz CT molecular complexity index is 542. The molecular weight excluding hydrogens is 266 g/mol. The number of ether oxygens (including phenoxy) is 1. The van der Waals surface area contributed by atoms with Gasteiger partial charge in [-0.05, 0) is 38.3 Å². The normalized spacial score (nSPS) is 32.9. The molecule has 0 amide bonds. The number of aliphatic hydroxyl groups excluding tert-OH is 1.